The van der Waals surface area contributed by atoms with Crippen LogP contribution in [0, 0.1) is 6.92 Å². The molecule has 1 amide bonds. The maximum absolute atomic E-state index is 11.3. The Morgan fingerprint density at radius 1 is 1.41 bits per heavy atom. The van der Waals surface area contributed by atoms with Crippen molar-refractivity contribution in [2.45, 2.75) is 19.8 Å². The largest absolute Gasteiger partial charge is 0.371 e. The van der Waals surface area contributed by atoms with Gasteiger partial charge in [-0.2, -0.15) is 0 Å². The fourth-order valence-electron chi connectivity index (χ4n) is 2.24. The van der Waals surface area contributed by atoms with Gasteiger partial charge in [-0.05, 0) is 37.5 Å². The topological polar surface area (TPSA) is 32.3 Å². The highest BCUT2D eigenvalue weighted by atomic mass is 35.5. The molecular weight excluding hydrogens is 236 g/mol. The average molecular weight is 253 g/mol. The molecule has 4 heteroatoms. The van der Waals surface area contributed by atoms with Crippen LogP contribution >= 0.6 is 11.6 Å². The van der Waals surface area contributed by atoms with Crippen LogP contribution in [0.25, 0.3) is 0 Å². The van der Waals surface area contributed by atoms with Crippen molar-refractivity contribution in [1.29, 1.82) is 0 Å². The molecule has 1 N–H and O–H groups in total. The number of nitrogens with zero attached hydrogens (tertiary/aromatic N) is 1. The molecule has 0 aromatic heterocycles. The summed E-state index contributed by atoms with van der Waals surface area (Å²) in [6, 6.07) is 6.00. The van der Waals surface area contributed by atoms with Crippen molar-refractivity contribution in [3.8, 4) is 0 Å². The number of nitrogens with one attached hydrogen (secondary N) is 1. The predicted octanol–water partition coefficient (Wildman–Crippen LogP) is 2.77. The zero-order chi connectivity index (χ0) is 12.3. The molecular formula is C13H17ClN2O. The van der Waals surface area contributed by atoms with Gasteiger partial charge in [0.25, 0.3) is 0 Å². The number of carbonyl (C=O) groups excluding carboxylic acids is 1. The zero-order valence-electron chi connectivity index (χ0n) is 10.0. The number of amides is 1. The van der Waals surface area contributed by atoms with Crippen molar-refractivity contribution in [3.05, 3.63) is 23.8 Å². The lowest BCUT2D eigenvalue weighted by Crippen LogP contribution is -2.20. The fraction of sp³-hybridized carbons (Fsp3) is 0.462. The number of anilines is 2. The first-order chi connectivity index (χ1) is 8.22. The molecule has 1 heterocycles. The Bertz CT molecular complexity index is 414. The Kier molecular flexibility index (Phi) is 3.89. The molecule has 1 aliphatic heterocycles. The van der Waals surface area contributed by atoms with Crippen LogP contribution in [0.1, 0.15) is 18.4 Å². The summed E-state index contributed by atoms with van der Waals surface area (Å²) in [5, 5.41) is 2.83. The Morgan fingerprint density at radius 2 is 2.12 bits per heavy atom. The van der Waals surface area contributed by atoms with Gasteiger partial charge in [-0.15, -0.1) is 11.6 Å². The van der Waals surface area contributed by atoms with E-state index in [1.807, 2.05) is 19.1 Å². The van der Waals surface area contributed by atoms with Gasteiger partial charge >= 0.3 is 0 Å². The summed E-state index contributed by atoms with van der Waals surface area (Å²) in [6.45, 7) is 4.25. The number of halogens is 1. The zero-order valence-corrected chi connectivity index (χ0v) is 10.8. The molecule has 1 fully saturated rings. The summed E-state index contributed by atoms with van der Waals surface area (Å²) in [5.74, 6) is -0.166. The predicted molar refractivity (Wildman–Crippen MR) is 72.0 cm³/mol. The Balaban J connectivity index is 2.23. The minimum Gasteiger partial charge on any atom is -0.371 e. The SMILES string of the molecule is Cc1c(NC(=O)CCl)cccc1N1CCCC1. The van der Waals surface area contributed by atoms with Crippen LogP contribution in [-0.4, -0.2) is 24.9 Å². The molecule has 0 saturated carbocycles. The Hall–Kier alpha value is -1.22. The van der Waals surface area contributed by atoms with Gasteiger partial charge in [0.05, 0.1) is 0 Å². The van der Waals surface area contributed by atoms with E-state index >= 15 is 0 Å². The molecule has 3 nitrogen and oxygen atoms in total. The quantitative estimate of drug-likeness (QED) is 0.839. The minimum atomic E-state index is -0.159. The van der Waals surface area contributed by atoms with E-state index in [0.29, 0.717) is 0 Å². The van der Waals surface area contributed by atoms with Crippen molar-refractivity contribution in [2.24, 2.45) is 0 Å². The Morgan fingerprint density at radius 3 is 2.76 bits per heavy atom. The second kappa shape index (κ2) is 5.41. The summed E-state index contributed by atoms with van der Waals surface area (Å²) in [5.41, 5.74) is 3.20. The third-order valence-electron chi connectivity index (χ3n) is 3.15. The van der Waals surface area contributed by atoms with Gasteiger partial charge < -0.3 is 10.2 Å². The van der Waals surface area contributed by atoms with Crippen LogP contribution < -0.4 is 10.2 Å². The molecule has 1 aliphatic rings. The molecule has 0 atom stereocenters. The fourth-order valence-corrected chi connectivity index (χ4v) is 2.31. The lowest BCUT2D eigenvalue weighted by atomic mass is 10.1. The van der Waals surface area contributed by atoms with Crippen molar-refractivity contribution in [3.63, 3.8) is 0 Å². The average Bonchev–Trinajstić information content (AvgIpc) is 2.85. The molecule has 0 aliphatic carbocycles. The van der Waals surface area contributed by atoms with Crippen LogP contribution in [0.3, 0.4) is 0 Å². The standard InChI is InChI=1S/C13H17ClN2O/c1-10-11(15-13(17)9-14)5-4-6-12(10)16-7-2-3-8-16/h4-6H,2-3,7-9H2,1H3,(H,15,17). The number of benzene rings is 1. The highest BCUT2D eigenvalue weighted by molar-refractivity contribution is 6.29. The van der Waals surface area contributed by atoms with Gasteiger partial charge in [-0.25, -0.2) is 0 Å². The van der Waals surface area contributed by atoms with Gasteiger partial charge in [0.15, 0.2) is 0 Å². The first-order valence-electron chi connectivity index (χ1n) is 5.93. The van der Waals surface area contributed by atoms with E-state index in [1.54, 1.807) is 0 Å². The molecule has 2 rings (SSSR count). The maximum Gasteiger partial charge on any atom is 0.239 e. The van der Waals surface area contributed by atoms with E-state index in [0.717, 1.165) is 24.3 Å². The van der Waals surface area contributed by atoms with Crippen molar-refractivity contribution in [2.75, 3.05) is 29.2 Å². The van der Waals surface area contributed by atoms with Crippen LogP contribution in [-0.2, 0) is 4.79 Å². The smallest absolute Gasteiger partial charge is 0.239 e. The summed E-state index contributed by atoms with van der Waals surface area (Å²) in [7, 11) is 0. The second-order valence-corrected chi connectivity index (χ2v) is 4.59. The van der Waals surface area contributed by atoms with E-state index in [9.17, 15) is 4.79 Å². The summed E-state index contributed by atoms with van der Waals surface area (Å²) in [4.78, 5) is 13.7. The summed E-state index contributed by atoms with van der Waals surface area (Å²) < 4.78 is 0. The number of carbonyl (C=O) groups is 1. The van der Waals surface area contributed by atoms with E-state index in [1.165, 1.54) is 18.5 Å². The number of hydrogen-bond acceptors (Lipinski definition) is 2. The van der Waals surface area contributed by atoms with Crippen molar-refractivity contribution < 1.29 is 4.79 Å². The monoisotopic (exact) mass is 252 g/mol. The molecule has 1 aromatic carbocycles. The van der Waals surface area contributed by atoms with Crippen molar-refractivity contribution >= 4 is 28.9 Å². The second-order valence-electron chi connectivity index (χ2n) is 4.33. The number of rotatable bonds is 3. The third kappa shape index (κ3) is 2.72. The van der Waals surface area contributed by atoms with Crippen LogP contribution in [0.15, 0.2) is 18.2 Å². The molecule has 92 valence electrons. The molecule has 0 radical (unpaired) electrons. The lowest BCUT2D eigenvalue weighted by molar-refractivity contribution is -0.113. The highest BCUT2D eigenvalue weighted by Crippen LogP contribution is 2.29. The molecule has 1 aromatic rings. The Labute approximate surface area is 107 Å². The maximum atomic E-state index is 11.3. The molecule has 1 saturated heterocycles. The minimum absolute atomic E-state index is 0.00657. The molecule has 17 heavy (non-hydrogen) atoms. The van der Waals surface area contributed by atoms with E-state index in [4.69, 9.17) is 11.6 Å². The van der Waals surface area contributed by atoms with E-state index < -0.39 is 0 Å². The van der Waals surface area contributed by atoms with Crippen molar-refractivity contribution in [1.82, 2.24) is 0 Å². The van der Waals surface area contributed by atoms with Gasteiger partial charge in [-0.3, -0.25) is 4.79 Å². The van der Waals surface area contributed by atoms with Gasteiger partial charge in [0, 0.05) is 24.5 Å². The number of hydrogen-bond donors (Lipinski definition) is 1. The molecule has 0 spiro atoms. The van der Waals surface area contributed by atoms with Gasteiger partial charge in [0.2, 0.25) is 5.91 Å². The summed E-state index contributed by atoms with van der Waals surface area (Å²) >= 11 is 5.50. The third-order valence-corrected chi connectivity index (χ3v) is 3.39. The molecule has 0 bridgehead atoms. The van der Waals surface area contributed by atoms with Gasteiger partial charge in [0.1, 0.15) is 5.88 Å². The summed E-state index contributed by atoms with van der Waals surface area (Å²) in [6.07, 6.45) is 2.50. The van der Waals surface area contributed by atoms with E-state index in [-0.39, 0.29) is 11.8 Å². The molecule has 0 unspecified atom stereocenters. The highest BCUT2D eigenvalue weighted by Gasteiger charge is 2.16. The first-order valence-corrected chi connectivity index (χ1v) is 6.46. The number of alkyl halides is 1. The normalized spacial score (nSPS) is 15.1. The van der Waals surface area contributed by atoms with Gasteiger partial charge in [-0.1, -0.05) is 6.07 Å². The van der Waals surface area contributed by atoms with Crippen LogP contribution in [0.2, 0.25) is 0 Å². The lowest BCUT2D eigenvalue weighted by Gasteiger charge is -2.21. The van der Waals surface area contributed by atoms with E-state index in [2.05, 4.69) is 16.3 Å². The van der Waals surface area contributed by atoms with Crippen LogP contribution in [0.4, 0.5) is 11.4 Å². The van der Waals surface area contributed by atoms with Crippen LogP contribution in [0.5, 0.6) is 0 Å². The first kappa shape index (κ1) is 12.2.